The molecule has 0 aliphatic carbocycles. The van der Waals surface area contributed by atoms with Crippen molar-refractivity contribution in [2.45, 2.75) is 37.4 Å². The highest BCUT2D eigenvalue weighted by Gasteiger charge is 2.36. The van der Waals surface area contributed by atoms with E-state index < -0.39 is 0 Å². The molecule has 4 atom stereocenters. The monoisotopic (exact) mass is 239 g/mol. The molecule has 3 aliphatic heterocycles. The number of nitrogens with two attached hydrogens (primary N) is 1. The first kappa shape index (κ1) is 11.9. The lowest BCUT2D eigenvalue weighted by atomic mass is 10.0. The van der Waals surface area contributed by atoms with Crippen molar-refractivity contribution in [1.82, 2.24) is 9.80 Å². The molecule has 2 N–H and O–H groups in total. The largest absolute Gasteiger partial charge is 0.379 e. The summed E-state index contributed by atoms with van der Waals surface area (Å²) in [7, 11) is 2.30. The van der Waals surface area contributed by atoms with Crippen molar-refractivity contribution in [3.05, 3.63) is 0 Å². The Bertz CT molecular complexity index is 273. The molecule has 0 spiro atoms. The van der Waals surface area contributed by atoms with E-state index in [1.54, 1.807) is 0 Å². The number of nitrogens with zero attached hydrogens (tertiary/aromatic N) is 2. The van der Waals surface area contributed by atoms with Gasteiger partial charge in [0.15, 0.2) is 0 Å². The predicted molar refractivity (Wildman–Crippen MR) is 67.9 cm³/mol. The molecule has 4 nitrogen and oxygen atoms in total. The van der Waals surface area contributed by atoms with Crippen LogP contribution in [-0.2, 0) is 4.74 Å². The predicted octanol–water partition coefficient (Wildman–Crippen LogP) is 0.129. The van der Waals surface area contributed by atoms with Crippen molar-refractivity contribution < 1.29 is 4.74 Å². The van der Waals surface area contributed by atoms with Gasteiger partial charge in [0.25, 0.3) is 0 Å². The molecule has 0 amide bonds. The van der Waals surface area contributed by atoms with Crippen molar-refractivity contribution in [3.8, 4) is 0 Å². The maximum Gasteiger partial charge on any atom is 0.0621 e. The second-order valence-corrected chi connectivity index (χ2v) is 6.06. The highest BCUT2D eigenvalue weighted by Crippen LogP contribution is 2.29. The Balaban J connectivity index is 1.58. The number of fused-ring (bicyclic) bond motifs is 2. The molecule has 3 rings (SSSR count). The van der Waals surface area contributed by atoms with Gasteiger partial charge in [-0.2, -0.15) is 0 Å². The summed E-state index contributed by atoms with van der Waals surface area (Å²) in [4.78, 5) is 5.23. The number of hydrogen-bond donors (Lipinski definition) is 1. The fourth-order valence-corrected chi connectivity index (χ4v) is 3.68. The third-order valence-corrected chi connectivity index (χ3v) is 4.97. The van der Waals surface area contributed by atoms with Gasteiger partial charge in [0.05, 0.1) is 13.2 Å². The van der Waals surface area contributed by atoms with Crippen LogP contribution in [0, 0.1) is 5.92 Å². The van der Waals surface area contributed by atoms with Crippen LogP contribution in [0.15, 0.2) is 0 Å². The fraction of sp³-hybridized carbons (Fsp3) is 1.00. The highest BCUT2D eigenvalue weighted by atomic mass is 16.5. The summed E-state index contributed by atoms with van der Waals surface area (Å²) >= 11 is 0. The number of likely N-dealkylation sites (tertiary alicyclic amines) is 1. The third kappa shape index (κ3) is 2.36. The summed E-state index contributed by atoms with van der Waals surface area (Å²) in [6.07, 6.45) is 4.11. The van der Waals surface area contributed by atoms with E-state index in [0.29, 0.717) is 5.92 Å². The van der Waals surface area contributed by atoms with Crippen LogP contribution in [0.2, 0.25) is 0 Å². The molecule has 0 aromatic rings. The van der Waals surface area contributed by atoms with Crippen LogP contribution in [0.5, 0.6) is 0 Å². The third-order valence-electron chi connectivity index (χ3n) is 4.97. The SMILES string of the molecule is CN1C2CCC1CN(CC1COCC1N)CC2. The molecule has 0 aromatic heterocycles. The van der Waals surface area contributed by atoms with Crippen LogP contribution in [0.25, 0.3) is 0 Å². The zero-order valence-corrected chi connectivity index (χ0v) is 10.8. The summed E-state index contributed by atoms with van der Waals surface area (Å²) in [6.45, 7) is 5.23. The quantitative estimate of drug-likeness (QED) is 0.744. The second-order valence-electron chi connectivity index (χ2n) is 6.06. The van der Waals surface area contributed by atoms with Crippen LogP contribution >= 0.6 is 0 Å². The maximum atomic E-state index is 6.08. The smallest absolute Gasteiger partial charge is 0.0621 e. The molecule has 0 radical (unpaired) electrons. The number of ether oxygens (including phenoxy) is 1. The van der Waals surface area contributed by atoms with Crippen LogP contribution in [0.4, 0.5) is 0 Å². The molecule has 0 aromatic carbocycles. The summed E-state index contributed by atoms with van der Waals surface area (Å²) in [6, 6.07) is 1.87. The molecular weight excluding hydrogens is 214 g/mol. The van der Waals surface area contributed by atoms with Gasteiger partial charge in [-0.1, -0.05) is 0 Å². The van der Waals surface area contributed by atoms with E-state index in [1.807, 2.05) is 0 Å². The lowest BCUT2D eigenvalue weighted by molar-refractivity contribution is 0.160. The van der Waals surface area contributed by atoms with E-state index in [4.69, 9.17) is 10.5 Å². The highest BCUT2D eigenvalue weighted by molar-refractivity contribution is 4.92. The molecule has 98 valence electrons. The van der Waals surface area contributed by atoms with Gasteiger partial charge in [0.1, 0.15) is 0 Å². The van der Waals surface area contributed by atoms with Crippen LogP contribution in [0.3, 0.4) is 0 Å². The molecule has 4 heteroatoms. The molecule has 3 aliphatic rings. The van der Waals surface area contributed by atoms with Crippen molar-refractivity contribution in [2.24, 2.45) is 11.7 Å². The standard InChI is InChI=1S/C13H25N3O/c1-15-11-2-3-12(15)7-16(5-4-11)6-10-8-17-9-13(10)14/h10-13H,2-9,14H2,1H3. The van der Waals surface area contributed by atoms with Gasteiger partial charge in [-0.15, -0.1) is 0 Å². The van der Waals surface area contributed by atoms with Crippen LogP contribution in [-0.4, -0.2) is 67.8 Å². The van der Waals surface area contributed by atoms with Gasteiger partial charge >= 0.3 is 0 Å². The minimum atomic E-state index is 0.258. The molecular formula is C13H25N3O. The van der Waals surface area contributed by atoms with Gasteiger partial charge in [-0.25, -0.2) is 0 Å². The normalized spacial score (nSPS) is 44.1. The van der Waals surface area contributed by atoms with Gasteiger partial charge in [-0.05, 0) is 32.9 Å². The Hall–Kier alpha value is -0.160. The Labute approximate surface area is 104 Å². The average molecular weight is 239 g/mol. The Morgan fingerprint density at radius 1 is 1.18 bits per heavy atom. The van der Waals surface area contributed by atoms with E-state index in [1.165, 1.54) is 32.4 Å². The summed E-state index contributed by atoms with van der Waals surface area (Å²) < 4.78 is 5.46. The van der Waals surface area contributed by atoms with Crippen molar-refractivity contribution >= 4 is 0 Å². The lowest BCUT2D eigenvalue weighted by Crippen LogP contribution is -2.42. The number of rotatable bonds is 2. The summed E-state index contributed by atoms with van der Waals surface area (Å²) in [5.74, 6) is 0.553. The van der Waals surface area contributed by atoms with E-state index >= 15 is 0 Å². The van der Waals surface area contributed by atoms with Crippen LogP contribution in [0.1, 0.15) is 19.3 Å². The molecule has 3 heterocycles. The molecule has 17 heavy (non-hydrogen) atoms. The first-order valence-electron chi connectivity index (χ1n) is 7.01. The fourth-order valence-electron chi connectivity index (χ4n) is 3.68. The first-order chi connectivity index (χ1) is 8.24. The van der Waals surface area contributed by atoms with Crippen molar-refractivity contribution in [3.63, 3.8) is 0 Å². The number of hydrogen-bond acceptors (Lipinski definition) is 4. The van der Waals surface area contributed by atoms with Crippen molar-refractivity contribution in [2.75, 3.05) is 39.9 Å². The van der Waals surface area contributed by atoms with Gasteiger partial charge in [-0.3, -0.25) is 4.90 Å². The van der Waals surface area contributed by atoms with Crippen molar-refractivity contribution in [1.29, 1.82) is 0 Å². The molecule has 3 fully saturated rings. The molecule has 2 bridgehead atoms. The lowest BCUT2D eigenvalue weighted by Gasteiger charge is -2.28. The van der Waals surface area contributed by atoms with E-state index in [-0.39, 0.29) is 6.04 Å². The average Bonchev–Trinajstić information content (AvgIpc) is 2.78. The van der Waals surface area contributed by atoms with E-state index in [9.17, 15) is 0 Å². The summed E-state index contributed by atoms with van der Waals surface area (Å²) in [5.41, 5.74) is 6.08. The molecule has 4 unspecified atom stereocenters. The van der Waals surface area contributed by atoms with E-state index in [0.717, 1.165) is 31.8 Å². The maximum absolute atomic E-state index is 6.08. The summed E-state index contributed by atoms with van der Waals surface area (Å²) in [5, 5.41) is 0. The Kier molecular flexibility index (Phi) is 3.39. The number of likely N-dealkylation sites (N-methyl/N-ethyl adjacent to an activating group) is 1. The zero-order valence-electron chi connectivity index (χ0n) is 10.8. The Morgan fingerprint density at radius 3 is 2.76 bits per heavy atom. The zero-order chi connectivity index (χ0) is 11.8. The Morgan fingerprint density at radius 2 is 2.00 bits per heavy atom. The second kappa shape index (κ2) is 4.84. The van der Waals surface area contributed by atoms with Gasteiger partial charge in [0, 0.05) is 37.1 Å². The molecule has 3 saturated heterocycles. The van der Waals surface area contributed by atoms with Gasteiger partial charge in [0.2, 0.25) is 0 Å². The van der Waals surface area contributed by atoms with Crippen LogP contribution < -0.4 is 5.73 Å². The van der Waals surface area contributed by atoms with E-state index in [2.05, 4.69) is 16.8 Å². The minimum absolute atomic E-state index is 0.258. The topological polar surface area (TPSA) is 41.7 Å². The molecule has 0 saturated carbocycles. The minimum Gasteiger partial charge on any atom is -0.379 e. The van der Waals surface area contributed by atoms with Gasteiger partial charge < -0.3 is 15.4 Å². The first-order valence-corrected chi connectivity index (χ1v) is 7.01.